The molecule has 0 aliphatic rings. The summed E-state index contributed by atoms with van der Waals surface area (Å²) in [6.45, 7) is 0. The van der Waals surface area contributed by atoms with Crippen molar-refractivity contribution < 1.29 is 9.26 Å². The van der Waals surface area contributed by atoms with E-state index in [4.69, 9.17) is 9.26 Å². The van der Waals surface area contributed by atoms with Crippen molar-refractivity contribution in [1.29, 1.82) is 0 Å². The number of hydrazine groups is 1. The Kier molecular flexibility index (Phi) is 4.11. The number of nitrogens with one attached hydrogen (secondary N) is 1. The number of anilines is 1. The standard InChI is InChI=1S/C14H15N7O2/c1-21(2)19-13-16-10(17-14(18-13)22-3)11-15-12(23-20-11)9-7-5-4-6-8-9/h4-8H,1-3H3,(H,16,17,18,19). The maximum atomic E-state index is 5.27. The van der Waals surface area contributed by atoms with Gasteiger partial charge >= 0.3 is 6.01 Å². The number of aromatic nitrogens is 5. The highest BCUT2D eigenvalue weighted by atomic mass is 16.5. The van der Waals surface area contributed by atoms with Crippen molar-refractivity contribution in [3.8, 4) is 29.1 Å². The molecule has 118 valence electrons. The molecule has 1 N–H and O–H groups in total. The van der Waals surface area contributed by atoms with Crippen LogP contribution in [0.5, 0.6) is 6.01 Å². The van der Waals surface area contributed by atoms with E-state index in [2.05, 4.69) is 30.5 Å². The fraction of sp³-hybridized carbons (Fsp3) is 0.214. The van der Waals surface area contributed by atoms with Crippen LogP contribution in [0.15, 0.2) is 34.9 Å². The van der Waals surface area contributed by atoms with Gasteiger partial charge in [0, 0.05) is 19.7 Å². The molecule has 9 nitrogen and oxygen atoms in total. The van der Waals surface area contributed by atoms with Crippen LogP contribution in [0.4, 0.5) is 5.95 Å². The number of nitrogens with zero attached hydrogens (tertiary/aromatic N) is 6. The van der Waals surface area contributed by atoms with E-state index >= 15 is 0 Å². The molecule has 9 heteroatoms. The van der Waals surface area contributed by atoms with Crippen molar-refractivity contribution in [1.82, 2.24) is 30.1 Å². The molecule has 0 aliphatic heterocycles. The second-order valence-electron chi connectivity index (χ2n) is 4.76. The lowest BCUT2D eigenvalue weighted by atomic mass is 10.2. The first-order chi connectivity index (χ1) is 11.2. The Bertz CT molecular complexity index is 789. The third kappa shape index (κ3) is 3.40. The summed E-state index contributed by atoms with van der Waals surface area (Å²) >= 11 is 0. The molecule has 0 spiro atoms. The van der Waals surface area contributed by atoms with Gasteiger partial charge in [-0.1, -0.05) is 23.4 Å². The Hall–Kier alpha value is -3.07. The fourth-order valence-electron chi connectivity index (χ4n) is 1.81. The molecule has 0 atom stereocenters. The van der Waals surface area contributed by atoms with Crippen molar-refractivity contribution in [2.45, 2.75) is 0 Å². The number of ether oxygens (including phenoxy) is 1. The van der Waals surface area contributed by atoms with Crippen molar-refractivity contribution in [3.05, 3.63) is 30.3 Å². The molecule has 3 rings (SSSR count). The summed E-state index contributed by atoms with van der Waals surface area (Å²) in [5.74, 6) is 1.23. The second kappa shape index (κ2) is 6.36. The topological polar surface area (TPSA) is 102 Å². The van der Waals surface area contributed by atoms with Crippen molar-refractivity contribution in [2.24, 2.45) is 0 Å². The van der Waals surface area contributed by atoms with E-state index in [-0.39, 0.29) is 17.7 Å². The first-order valence-corrected chi connectivity index (χ1v) is 6.79. The zero-order chi connectivity index (χ0) is 16.2. The van der Waals surface area contributed by atoms with Crippen LogP contribution < -0.4 is 10.2 Å². The van der Waals surface area contributed by atoms with Crippen molar-refractivity contribution in [2.75, 3.05) is 26.6 Å². The van der Waals surface area contributed by atoms with E-state index in [1.54, 1.807) is 5.01 Å². The van der Waals surface area contributed by atoms with Crippen LogP contribution in [-0.2, 0) is 0 Å². The zero-order valence-corrected chi connectivity index (χ0v) is 12.9. The number of rotatable bonds is 5. The van der Waals surface area contributed by atoms with Gasteiger partial charge in [-0.05, 0) is 12.1 Å². The maximum Gasteiger partial charge on any atom is 0.321 e. The van der Waals surface area contributed by atoms with Gasteiger partial charge in [-0.3, -0.25) is 5.43 Å². The van der Waals surface area contributed by atoms with E-state index in [0.717, 1.165) is 5.56 Å². The minimum atomic E-state index is 0.158. The molecule has 0 amide bonds. The van der Waals surface area contributed by atoms with E-state index in [1.807, 2.05) is 44.4 Å². The minimum absolute atomic E-state index is 0.158. The summed E-state index contributed by atoms with van der Waals surface area (Å²) in [4.78, 5) is 16.8. The zero-order valence-electron chi connectivity index (χ0n) is 12.9. The highest BCUT2D eigenvalue weighted by Gasteiger charge is 2.16. The summed E-state index contributed by atoms with van der Waals surface area (Å²) < 4.78 is 10.3. The Balaban J connectivity index is 1.96. The summed E-state index contributed by atoms with van der Waals surface area (Å²) in [6.07, 6.45) is 0. The van der Waals surface area contributed by atoms with Gasteiger partial charge in [0.15, 0.2) is 0 Å². The lowest BCUT2D eigenvalue weighted by Gasteiger charge is -2.12. The van der Waals surface area contributed by atoms with Crippen LogP contribution in [0.1, 0.15) is 0 Å². The number of methoxy groups -OCH3 is 1. The van der Waals surface area contributed by atoms with Crippen molar-refractivity contribution >= 4 is 5.95 Å². The van der Waals surface area contributed by atoms with Crippen molar-refractivity contribution in [3.63, 3.8) is 0 Å². The third-order valence-corrected chi connectivity index (χ3v) is 2.77. The van der Waals surface area contributed by atoms with E-state index in [9.17, 15) is 0 Å². The predicted octanol–water partition coefficient (Wildman–Crippen LogP) is 1.49. The van der Waals surface area contributed by atoms with Gasteiger partial charge in [0.2, 0.25) is 17.6 Å². The Labute approximate surface area is 132 Å². The van der Waals surface area contributed by atoms with Gasteiger partial charge in [-0.2, -0.15) is 19.9 Å². The van der Waals surface area contributed by atoms with E-state index < -0.39 is 0 Å². The quantitative estimate of drug-likeness (QED) is 0.701. The summed E-state index contributed by atoms with van der Waals surface area (Å²) in [7, 11) is 5.11. The number of hydrogen-bond acceptors (Lipinski definition) is 9. The summed E-state index contributed by atoms with van der Waals surface area (Å²) in [6, 6.07) is 9.62. The minimum Gasteiger partial charge on any atom is -0.467 e. The molecule has 23 heavy (non-hydrogen) atoms. The van der Waals surface area contributed by atoms with Gasteiger partial charge in [0.1, 0.15) is 0 Å². The molecule has 0 fully saturated rings. The molecular weight excluding hydrogens is 298 g/mol. The Morgan fingerprint density at radius 1 is 1.00 bits per heavy atom. The molecular formula is C14H15N7O2. The Morgan fingerprint density at radius 2 is 1.78 bits per heavy atom. The Morgan fingerprint density at radius 3 is 2.48 bits per heavy atom. The van der Waals surface area contributed by atoms with Crippen LogP contribution >= 0.6 is 0 Å². The highest BCUT2D eigenvalue weighted by Crippen LogP contribution is 2.21. The number of hydrogen-bond donors (Lipinski definition) is 1. The normalized spacial score (nSPS) is 10.8. The smallest absolute Gasteiger partial charge is 0.321 e. The molecule has 0 bridgehead atoms. The highest BCUT2D eigenvalue weighted by molar-refractivity contribution is 5.56. The average molecular weight is 313 g/mol. The monoisotopic (exact) mass is 313 g/mol. The van der Waals surface area contributed by atoms with Gasteiger partial charge in [-0.15, -0.1) is 0 Å². The van der Waals surface area contributed by atoms with Gasteiger partial charge in [0.05, 0.1) is 7.11 Å². The first-order valence-electron chi connectivity index (χ1n) is 6.79. The lowest BCUT2D eigenvalue weighted by molar-refractivity contribution is 0.377. The van der Waals surface area contributed by atoms with Crippen LogP contribution in [0.3, 0.4) is 0 Å². The third-order valence-electron chi connectivity index (χ3n) is 2.77. The molecule has 3 aromatic rings. The average Bonchev–Trinajstić information content (AvgIpc) is 3.05. The maximum absolute atomic E-state index is 5.27. The van der Waals surface area contributed by atoms with Crippen LogP contribution in [-0.4, -0.2) is 51.3 Å². The number of benzene rings is 1. The van der Waals surface area contributed by atoms with Gasteiger partial charge < -0.3 is 9.26 Å². The van der Waals surface area contributed by atoms with Gasteiger partial charge in [0.25, 0.3) is 5.89 Å². The molecule has 2 aromatic heterocycles. The summed E-state index contributed by atoms with van der Waals surface area (Å²) in [5.41, 5.74) is 3.75. The predicted molar refractivity (Wildman–Crippen MR) is 82.4 cm³/mol. The second-order valence-corrected chi connectivity index (χ2v) is 4.76. The summed E-state index contributed by atoms with van der Waals surface area (Å²) in [5, 5.41) is 5.62. The molecule has 0 saturated carbocycles. The fourth-order valence-corrected chi connectivity index (χ4v) is 1.81. The largest absolute Gasteiger partial charge is 0.467 e. The van der Waals surface area contributed by atoms with Gasteiger partial charge in [-0.25, -0.2) is 5.01 Å². The van der Waals surface area contributed by atoms with Crippen LogP contribution in [0.25, 0.3) is 23.1 Å². The molecule has 0 saturated heterocycles. The van der Waals surface area contributed by atoms with Crippen LogP contribution in [0, 0.1) is 0 Å². The van der Waals surface area contributed by atoms with E-state index in [0.29, 0.717) is 11.8 Å². The molecule has 0 unspecified atom stereocenters. The molecule has 0 aliphatic carbocycles. The molecule has 2 heterocycles. The van der Waals surface area contributed by atoms with E-state index in [1.165, 1.54) is 7.11 Å². The molecule has 0 radical (unpaired) electrons. The SMILES string of the molecule is COc1nc(NN(C)C)nc(-c2noc(-c3ccccc3)n2)n1. The first kappa shape index (κ1) is 14.9. The molecule has 1 aromatic carbocycles. The lowest BCUT2D eigenvalue weighted by Crippen LogP contribution is -2.21. The van der Waals surface area contributed by atoms with Crippen LogP contribution in [0.2, 0.25) is 0 Å².